The van der Waals surface area contributed by atoms with Gasteiger partial charge in [-0.15, -0.1) is 0 Å². The molecular formula is C11H15O4P. The van der Waals surface area contributed by atoms with Gasteiger partial charge in [0.15, 0.2) is 0 Å². The number of esters is 1. The molecule has 0 spiro atoms. The number of ether oxygens (including phenoxy) is 1. The third kappa shape index (κ3) is 3.19. The first kappa shape index (κ1) is 12.9. The summed E-state index contributed by atoms with van der Waals surface area (Å²) in [5, 5.41) is 0.533. The van der Waals surface area contributed by atoms with Gasteiger partial charge >= 0.3 is 5.97 Å². The van der Waals surface area contributed by atoms with E-state index in [-0.39, 0.29) is 12.8 Å². The second kappa shape index (κ2) is 5.83. The van der Waals surface area contributed by atoms with E-state index in [0.29, 0.717) is 5.30 Å². The van der Waals surface area contributed by atoms with Gasteiger partial charge in [-0.25, -0.2) is 0 Å². The van der Waals surface area contributed by atoms with Gasteiger partial charge in [-0.1, -0.05) is 18.2 Å². The molecule has 0 radical (unpaired) electrons. The first-order valence-electron chi connectivity index (χ1n) is 4.98. The van der Waals surface area contributed by atoms with Crippen molar-refractivity contribution in [1.82, 2.24) is 0 Å². The number of hydrogen-bond donors (Lipinski definition) is 0. The molecule has 0 saturated carbocycles. The minimum absolute atomic E-state index is 0.221. The highest BCUT2D eigenvalue weighted by molar-refractivity contribution is 7.67. The molecule has 0 aliphatic rings. The number of hydrogen-bond acceptors (Lipinski definition) is 4. The van der Waals surface area contributed by atoms with Crippen molar-refractivity contribution in [2.75, 3.05) is 19.9 Å². The van der Waals surface area contributed by atoms with Crippen LogP contribution in [0.2, 0.25) is 0 Å². The molecule has 0 heterocycles. The maximum absolute atomic E-state index is 12.3. The summed E-state index contributed by atoms with van der Waals surface area (Å²) in [6.45, 7) is 1.98. The summed E-state index contributed by atoms with van der Waals surface area (Å²) in [7, 11) is -1.77. The predicted molar refractivity (Wildman–Crippen MR) is 62.2 cm³/mol. The van der Waals surface area contributed by atoms with E-state index < -0.39 is 13.3 Å². The quantitative estimate of drug-likeness (QED) is 0.583. The lowest BCUT2D eigenvalue weighted by Gasteiger charge is -2.15. The van der Waals surface area contributed by atoms with E-state index in [9.17, 15) is 9.36 Å². The number of rotatable bonds is 5. The molecule has 0 saturated heterocycles. The number of carbonyl (C=O) groups excluding carboxylic acids is 1. The van der Waals surface area contributed by atoms with Crippen molar-refractivity contribution in [3.63, 3.8) is 0 Å². The lowest BCUT2D eigenvalue weighted by molar-refractivity contribution is -0.140. The van der Waals surface area contributed by atoms with Crippen LogP contribution in [0.1, 0.15) is 6.92 Å². The third-order valence-electron chi connectivity index (χ3n) is 2.09. The Morgan fingerprint density at radius 2 is 1.94 bits per heavy atom. The molecule has 16 heavy (non-hydrogen) atoms. The summed E-state index contributed by atoms with van der Waals surface area (Å²) in [4.78, 5) is 11.3. The fourth-order valence-electron chi connectivity index (χ4n) is 1.29. The first-order valence-corrected chi connectivity index (χ1v) is 6.79. The van der Waals surface area contributed by atoms with Crippen LogP contribution in [-0.2, 0) is 18.6 Å². The van der Waals surface area contributed by atoms with Crippen LogP contribution in [0, 0.1) is 0 Å². The summed E-state index contributed by atoms with van der Waals surface area (Å²) in [5.41, 5.74) is 0. The number of carbonyl (C=O) groups is 1. The van der Waals surface area contributed by atoms with E-state index in [2.05, 4.69) is 0 Å². The van der Waals surface area contributed by atoms with Crippen LogP contribution >= 0.6 is 7.37 Å². The molecule has 4 nitrogen and oxygen atoms in total. The Bertz CT molecular complexity index is 388. The molecule has 88 valence electrons. The van der Waals surface area contributed by atoms with Crippen molar-refractivity contribution < 1.29 is 18.6 Å². The molecule has 0 aliphatic heterocycles. The Balaban J connectivity index is 2.87. The van der Waals surface area contributed by atoms with Crippen molar-refractivity contribution >= 4 is 18.6 Å². The van der Waals surface area contributed by atoms with E-state index in [1.54, 1.807) is 31.2 Å². The zero-order valence-electron chi connectivity index (χ0n) is 9.38. The molecule has 1 rings (SSSR count). The van der Waals surface area contributed by atoms with Crippen LogP contribution < -0.4 is 5.30 Å². The Hall–Kier alpha value is -1.12. The van der Waals surface area contributed by atoms with Crippen molar-refractivity contribution in [2.24, 2.45) is 0 Å². The van der Waals surface area contributed by atoms with Gasteiger partial charge in [0.05, 0.1) is 6.61 Å². The van der Waals surface area contributed by atoms with Gasteiger partial charge in [-0.05, 0) is 19.1 Å². The molecular weight excluding hydrogens is 227 g/mol. The molecule has 0 unspecified atom stereocenters. The van der Waals surface area contributed by atoms with Gasteiger partial charge in [-0.3, -0.25) is 9.36 Å². The highest BCUT2D eigenvalue weighted by Gasteiger charge is 2.28. The minimum atomic E-state index is -3.11. The zero-order valence-corrected chi connectivity index (χ0v) is 10.3. The average molecular weight is 242 g/mol. The Morgan fingerprint density at radius 1 is 1.31 bits per heavy atom. The number of benzene rings is 1. The van der Waals surface area contributed by atoms with Gasteiger partial charge in [0.2, 0.25) is 7.37 Å². The van der Waals surface area contributed by atoms with Gasteiger partial charge in [0.1, 0.15) is 6.16 Å². The lowest BCUT2D eigenvalue weighted by atomic mass is 10.4. The van der Waals surface area contributed by atoms with E-state index in [4.69, 9.17) is 9.26 Å². The molecule has 0 bridgehead atoms. The molecule has 0 N–H and O–H groups in total. The SMILES string of the molecule is CCOC(=O)C[P@](=O)(OC)c1ccccc1. The zero-order chi connectivity index (χ0) is 12.0. The second-order valence-electron chi connectivity index (χ2n) is 3.15. The maximum atomic E-state index is 12.3. The summed E-state index contributed by atoms with van der Waals surface area (Å²) in [6, 6.07) is 8.69. The van der Waals surface area contributed by atoms with Crippen molar-refractivity contribution in [1.29, 1.82) is 0 Å². The highest BCUT2D eigenvalue weighted by atomic mass is 31.2. The van der Waals surface area contributed by atoms with Crippen LogP contribution in [0.4, 0.5) is 0 Å². The molecule has 0 aliphatic carbocycles. The van der Waals surface area contributed by atoms with Gasteiger partial charge in [0, 0.05) is 12.4 Å². The molecule has 1 aromatic rings. The average Bonchev–Trinajstić information content (AvgIpc) is 2.30. The Morgan fingerprint density at radius 3 is 2.44 bits per heavy atom. The van der Waals surface area contributed by atoms with Crippen LogP contribution in [0.15, 0.2) is 30.3 Å². The maximum Gasteiger partial charge on any atom is 0.315 e. The normalized spacial score (nSPS) is 14.1. The van der Waals surface area contributed by atoms with Crippen molar-refractivity contribution in [3.05, 3.63) is 30.3 Å². The van der Waals surface area contributed by atoms with Crippen LogP contribution in [0.3, 0.4) is 0 Å². The van der Waals surface area contributed by atoms with Gasteiger partial charge in [-0.2, -0.15) is 0 Å². The Kier molecular flexibility index (Phi) is 4.71. The van der Waals surface area contributed by atoms with Crippen LogP contribution in [-0.4, -0.2) is 25.8 Å². The van der Waals surface area contributed by atoms with E-state index in [1.165, 1.54) is 7.11 Å². The Labute approximate surface area is 95.0 Å². The first-order chi connectivity index (χ1) is 7.62. The summed E-state index contributed by atoms with van der Waals surface area (Å²) in [6.07, 6.45) is -0.221. The van der Waals surface area contributed by atoms with Crippen LogP contribution in [0.5, 0.6) is 0 Å². The van der Waals surface area contributed by atoms with E-state index >= 15 is 0 Å². The second-order valence-corrected chi connectivity index (χ2v) is 5.70. The fraction of sp³-hybridized carbons (Fsp3) is 0.364. The molecule has 1 atom stereocenters. The molecule has 0 amide bonds. The van der Waals surface area contributed by atoms with E-state index in [0.717, 1.165) is 0 Å². The third-order valence-corrected chi connectivity index (χ3v) is 4.44. The molecule has 0 fully saturated rings. The van der Waals surface area contributed by atoms with E-state index in [1.807, 2.05) is 6.07 Å². The standard InChI is InChI=1S/C11H15O4P/c1-3-15-11(12)9-16(13,14-2)10-7-5-4-6-8-10/h4-8H,3,9H2,1-2H3/t16-/m0/s1. The topological polar surface area (TPSA) is 52.6 Å². The summed E-state index contributed by atoms with van der Waals surface area (Å²) < 4.78 is 22.1. The van der Waals surface area contributed by atoms with Gasteiger partial charge in [0.25, 0.3) is 0 Å². The summed E-state index contributed by atoms with van der Waals surface area (Å²) >= 11 is 0. The van der Waals surface area contributed by atoms with Gasteiger partial charge < -0.3 is 9.26 Å². The molecule has 1 aromatic carbocycles. The summed E-state index contributed by atoms with van der Waals surface area (Å²) in [5.74, 6) is -0.503. The van der Waals surface area contributed by atoms with Crippen molar-refractivity contribution in [2.45, 2.75) is 6.92 Å². The highest BCUT2D eigenvalue weighted by Crippen LogP contribution is 2.44. The van der Waals surface area contributed by atoms with Crippen LogP contribution in [0.25, 0.3) is 0 Å². The molecule has 0 aromatic heterocycles. The largest absolute Gasteiger partial charge is 0.466 e. The monoisotopic (exact) mass is 242 g/mol. The smallest absolute Gasteiger partial charge is 0.315 e. The minimum Gasteiger partial charge on any atom is -0.466 e. The molecule has 5 heteroatoms. The lowest BCUT2D eigenvalue weighted by Crippen LogP contribution is -2.17. The van der Waals surface area contributed by atoms with Crippen molar-refractivity contribution in [3.8, 4) is 0 Å². The fourth-order valence-corrected chi connectivity index (χ4v) is 2.87. The predicted octanol–water partition coefficient (Wildman–Crippen LogP) is 1.80.